The summed E-state index contributed by atoms with van der Waals surface area (Å²) in [5.41, 5.74) is 1.72. The van der Waals surface area contributed by atoms with Crippen LogP contribution in [0.15, 0.2) is 48.5 Å². The highest BCUT2D eigenvalue weighted by Gasteiger charge is 2.28. The molecule has 0 aromatic heterocycles. The molecular formula is C23H29N3O5S. The van der Waals surface area contributed by atoms with Crippen molar-refractivity contribution in [2.75, 3.05) is 45.9 Å². The molecule has 8 nitrogen and oxygen atoms in total. The molecule has 1 fully saturated rings. The van der Waals surface area contributed by atoms with Gasteiger partial charge in [0.15, 0.2) is 11.5 Å². The third-order valence-corrected chi connectivity index (χ3v) is 7.58. The minimum Gasteiger partial charge on any atom is -0.486 e. The SMILES string of the molecule is C[C@@H](NC(=O)CN1CCN(S(=O)(=O)Cc2ccccc2)CC1)c1ccc2c(c1)OCCO2. The molecule has 1 N–H and O–H groups in total. The van der Waals surface area contributed by atoms with Gasteiger partial charge >= 0.3 is 0 Å². The van der Waals surface area contributed by atoms with Gasteiger partial charge in [-0.25, -0.2) is 8.42 Å². The second-order valence-corrected chi connectivity index (χ2v) is 10.1. The standard InChI is InChI=1S/C23H29N3O5S/c1-18(20-7-8-21-22(15-20)31-14-13-30-21)24-23(27)16-25-9-11-26(12-10-25)32(28,29)17-19-5-3-2-4-6-19/h2-8,15,18H,9-14,16-17H2,1H3,(H,24,27)/t18-/m1/s1. The molecule has 0 radical (unpaired) electrons. The van der Waals surface area contributed by atoms with Crippen LogP contribution in [-0.2, 0) is 20.6 Å². The highest BCUT2D eigenvalue weighted by atomic mass is 32.2. The number of ether oxygens (including phenoxy) is 2. The second kappa shape index (κ2) is 9.89. The van der Waals surface area contributed by atoms with Gasteiger partial charge in [-0.15, -0.1) is 0 Å². The number of sulfonamides is 1. The zero-order valence-corrected chi connectivity index (χ0v) is 19.0. The summed E-state index contributed by atoms with van der Waals surface area (Å²) < 4.78 is 38.1. The number of nitrogens with zero attached hydrogens (tertiary/aromatic N) is 2. The fraction of sp³-hybridized carbons (Fsp3) is 0.435. The minimum absolute atomic E-state index is 0.00136. The molecule has 0 unspecified atom stereocenters. The summed E-state index contributed by atoms with van der Waals surface area (Å²) in [7, 11) is -3.37. The van der Waals surface area contributed by atoms with E-state index in [2.05, 4.69) is 5.32 Å². The molecule has 2 aromatic carbocycles. The summed E-state index contributed by atoms with van der Waals surface area (Å²) in [6.07, 6.45) is 0. The van der Waals surface area contributed by atoms with Crippen molar-refractivity contribution in [3.8, 4) is 11.5 Å². The Balaban J connectivity index is 1.25. The Bertz CT molecular complexity index is 1040. The van der Waals surface area contributed by atoms with Crippen molar-refractivity contribution in [3.63, 3.8) is 0 Å². The van der Waals surface area contributed by atoms with Crippen molar-refractivity contribution in [1.29, 1.82) is 0 Å². The monoisotopic (exact) mass is 459 g/mol. The molecule has 0 saturated carbocycles. The molecular weight excluding hydrogens is 430 g/mol. The van der Waals surface area contributed by atoms with Crippen molar-refractivity contribution in [2.45, 2.75) is 18.7 Å². The number of hydrogen-bond acceptors (Lipinski definition) is 6. The quantitative estimate of drug-likeness (QED) is 0.679. The lowest BCUT2D eigenvalue weighted by Gasteiger charge is -2.33. The van der Waals surface area contributed by atoms with Crippen LogP contribution in [0.5, 0.6) is 11.5 Å². The highest BCUT2D eigenvalue weighted by molar-refractivity contribution is 7.88. The van der Waals surface area contributed by atoms with Crippen LogP contribution in [0.3, 0.4) is 0 Å². The molecule has 0 bridgehead atoms. The molecule has 2 aromatic rings. The van der Waals surface area contributed by atoms with E-state index in [0.29, 0.717) is 45.1 Å². The van der Waals surface area contributed by atoms with E-state index in [1.54, 1.807) is 0 Å². The van der Waals surface area contributed by atoms with Crippen molar-refractivity contribution in [3.05, 3.63) is 59.7 Å². The van der Waals surface area contributed by atoms with Gasteiger partial charge in [0.1, 0.15) is 13.2 Å². The lowest BCUT2D eigenvalue weighted by atomic mass is 10.1. The first-order chi connectivity index (χ1) is 15.4. The molecule has 2 aliphatic heterocycles. The highest BCUT2D eigenvalue weighted by Crippen LogP contribution is 2.32. The van der Waals surface area contributed by atoms with E-state index in [9.17, 15) is 13.2 Å². The normalized spacial score (nSPS) is 18.2. The topological polar surface area (TPSA) is 88.2 Å². The van der Waals surface area contributed by atoms with E-state index >= 15 is 0 Å². The number of carbonyl (C=O) groups is 1. The van der Waals surface area contributed by atoms with Crippen molar-refractivity contribution in [2.24, 2.45) is 0 Å². The van der Waals surface area contributed by atoms with E-state index < -0.39 is 10.0 Å². The summed E-state index contributed by atoms with van der Waals surface area (Å²) in [4.78, 5) is 14.5. The number of piperazine rings is 1. The van der Waals surface area contributed by atoms with E-state index in [-0.39, 0.29) is 24.2 Å². The third-order valence-electron chi connectivity index (χ3n) is 5.73. The number of amides is 1. The molecule has 172 valence electrons. The van der Waals surface area contributed by atoms with Gasteiger partial charge in [-0.1, -0.05) is 36.4 Å². The Hall–Kier alpha value is -2.62. The molecule has 2 aliphatic rings. The fourth-order valence-corrected chi connectivity index (χ4v) is 5.46. The Morgan fingerprint density at radius 3 is 2.41 bits per heavy atom. The van der Waals surface area contributed by atoms with Crippen LogP contribution in [0.2, 0.25) is 0 Å². The average molecular weight is 460 g/mol. The van der Waals surface area contributed by atoms with Gasteiger partial charge in [0.25, 0.3) is 0 Å². The van der Waals surface area contributed by atoms with Crippen LogP contribution in [0.4, 0.5) is 0 Å². The van der Waals surface area contributed by atoms with Gasteiger partial charge in [0.05, 0.1) is 18.3 Å². The maximum Gasteiger partial charge on any atom is 0.234 e. The van der Waals surface area contributed by atoms with E-state index in [4.69, 9.17) is 9.47 Å². The number of hydrogen-bond donors (Lipinski definition) is 1. The molecule has 1 amide bonds. The third kappa shape index (κ3) is 5.59. The van der Waals surface area contributed by atoms with Crippen LogP contribution in [0.1, 0.15) is 24.1 Å². The fourth-order valence-electron chi connectivity index (χ4n) is 3.94. The van der Waals surface area contributed by atoms with Gasteiger partial charge in [-0.3, -0.25) is 9.69 Å². The summed E-state index contributed by atoms with van der Waals surface area (Å²) in [6.45, 7) is 5.06. The van der Waals surface area contributed by atoms with Crippen LogP contribution >= 0.6 is 0 Å². The molecule has 9 heteroatoms. The zero-order chi connectivity index (χ0) is 22.6. The lowest BCUT2D eigenvalue weighted by molar-refractivity contribution is -0.123. The van der Waals surface area contributed by atoms with Gasteiger partial charge in [0, 0.05) is 26.2 Å². The van der Waals surface area contributed by atoms with Crippen LogP contribution in [0, 0.1) is 0 Å². The molecule has 0 aliphatic carbocycles. The Morgan fingerprint density at radius 2 is 1.69 bits per heavy atom. The Kier molecular flexibility index (Phi) is 6.98. The maximum absolute atomic E-state index is 12.7. The van der Waals surface area contributed by atoms with Crippen LogP contribution < -0.4 is 14.8 Å². The van der Waals surface area contributed by atoms with Gasteiger partial charge in [-0.05, 0) is 30.2 Å². The predicted octanol–water partition coefficient (Wildman–Crippen LogP) is 1.78. The van der Waals surface area contributed by atoms with E-state index in [1.165, 1.54) is 4.31 Å². The number of fused-ring (bicyclic) bond motifs is 1. The number of nitrogens with one attached hydrogen (secondary N) is 1. The van der Waals surface area contributed by atoms with Gasteiger partial charge in [-0.2, -0.15) is 4.31 Å². The van der Waals surface area contributed by atoms with Gasteiger partial charge in [0.2, 0.25) is 15.9 Å². The summed E-state index contributed by atoms with van der Waals surface area (Å²) >= 11 is 0. The summed E-state index contributed by atoms with van der Waals surface area (Å²) in [5, 5.41) is 3.02. The smallest absolute Gasteiger partial charge is 0.234 e. The molecule has 0 spiro atoms. The average Bonchev–Trinajstić information content (AvgIpc) is 2.79. The van der Waals surface area contributed by atoms with Crippen LogP contribution in [-0.4, -0.2) is 69.5 Å². The summed E-state index contributed by atoms with van der Waals surface area (Å²) in [5.74, 6) is 1.33. The Morgan fingerprint density at radius 1 is 1.00 bits per heavy atom. The van der Waals surface area contributed by atoms with E-state index in [1.807, 2.05) is 60.4 Å². The Labute approximate surface area is 189 Å². The second-order valence-electron chi connectivity index (χ2n) is 8.11. The molecule has 1 saturated heterocycles. The number of carbonyl (C=O) groups excluding carboxylic acids is 1. The minimum atomic E-state index is -3.37. The lowest BCUT2D eigenvalue weighted by Crippen LogP contribution is -2.51. The predicted molar refractivity (Wildman–Crippen MR) is 121 cm³/mol. The maximum atomic E-state index is 12.7. The van der Waals surface area contributed by atoms with Gasteiger partial charge < -0.3 is 14.8 Å². The van der Waals surface area contributed by atoms with Crippen LogP contribution in [0.25, 0.3) is 0 Å². The van der Waals surface area contributed by atoms with E-state index in [0.717, 1.165) is 16.9 Å². The molecule has 4 rings (SSSR count). The molecule has 1 atom stereocenters. The van der Waals surface area contributed by atoms with Crippen molar-refractivity contribution in [1.82, 2.24) is 14.5 Å². The largest absolute Gasteiger partial charge is 0.486 e. The molecule has 2 heterocycles. The first-order valence-electron chi connectivity index (χ1n) is 10.8. The number of benzene rings is 2. The summed E-state index contributed by atoms with van der Waals surface area (Å²) in [6, 6.07) is 14.7. The van der Waals surface area contributed by atoms with Crippen molar-refractivity contribution >= 4 is 15.9 Å². The molecule has 32 heavy (non-hydrogen) atoms. The zero-order valence-electron chi connectivity index (χ0n) is 18.2. The van der Waals surface area contributed by atoms with Crippen molar-refractivity contribution < 1.29 is 22.7 Å². The first kappa shape index (κ1) is 22.6. The first-order valence-corrected chi connectivity index (χ1v) is 12.4. The number of rotatable bonds is 7.